The van der Waals surface area contributed by atoms with E-state index in [-0.39, 0.29) is 17.6 Å². The van der Waals surface area contributed by atoms with Gasteiger partial charge in [-0.3, -0.25) is 14.9 Å². The minimum atomic E-state index is -0.342. The summed E-state index contributed by atoms with van der Waals surface area (Å²) < 4.78 is 14.7. The highest BCUT2D eigenvalue weighted by molar-refractivity contribution is 5.97. The van der Waals surface area contributed by atoms with Crippen molar-refractivity contribution in [2.24, 2.45) is 5.92 Å². The van der Waals surface area contributed by atoms with Gasteiger partial charge in [0.2, 0.25) is 5.91 Å². The van der Waals surface area contributed by atoms with Gasteiger partial charge in [-0.25, -0.2) is 14.4 Å². The Hall–Kier alpha value is -5.16. The summed E-state index contributed by atoms with van der Waals surface area (Å²) in [6.45, 7) is 7.65. The van der Waals surface area contributed by atoms with Gasteiger partial charge < -0.3 is 20.5 Å². The zero-order chi connectivity index (χ0) is 32.4. The van der Waals surface area contributed by atoms with Crippen molar-refractivity contribution in [3.8, 4) is 33.8 Å². The number of aromatic nitrogens is 6. The van der Waals surface area contributed by atoms with E-state index >= 15 is 0 Å². The van der Waals surface area contributed by atoms with Gasteiger partial charge in [-0.2, -0.15) is 5.10 Å². The van der Waals surface area contributed by atoms with Crippen LogP contribution in [0.4, 0.5) is 15.8 Å². The number of pyridine rings is 2. The van der Waals surface area contributed by atoms with Gasteiger partial charge in [-0.05, 0) is 79.5 Å². The topological polar surface area (TPSA) is 128 Å². The first-order valence-corrected chi connectivity index (χ1v) is 15.5. The highest BCUT2D eigenvalue weighted by atomic mass is 19.1. The lowest BCUT2D eigenvalue weighted by Gasteiger charge is -2.12. The largest absolute Gasteiger partial charge is 0.384 e. The van der Waals surface area contributed by atoms with Gasteiger partial charge in [0.25, 0.3) is 0 Å². The Bertz CT molecular complexity index is 2030. The lowest BCUT2D eigenvalue weighted by atomic mass is 10.0. The van der Waals surface area contributed by atoms with Crippen LogP contribution in [0.3, 0.4) is 0 Å². The third kappa shape index (κ3) is 6.74. The Balaban J connectivity index is 1.36. The van der Waals surface area contributed by atoms with E-state index < -0.39 is 0 Å². The van der Waals surface area contributed by atoms with Crippen molar-refractivity contribution in [1.29, 1.82) is 0 Å². The monoisotopic (exact) mass is 619 g/mol. The van der Waals surface area contributed by atoms with E-state index in [1.807, 2.05) is 52.2 Å². The van der Waals surface area contributed by atoms with Crippen LogP contribution < -0.4 is 10.6 Å². The molecule has 6 aromatic rings. The van der Waals surface area contributed by atoms with Crippen LogP contribution in [0.2, 0.25) is 0 Å². The quantitative estimate of drug-likeness (QED) is 0.124. The van der Waals surface area contributed by atoms with Gasteiger partial charge >= 0.3 is 0 Å². The van der Waals surface area contributed by atoms with Crippen LogP contribution >= 0.6 is 0 Å². The fourth-order valence-electron chi connectivity index (χ4n) is 5.49. The van der Waals surface area contributed by atoms with Crippen LogP contribution in [-0.4, -0.2) is 68.1 Å². The van der Waals surface area contributed by atoms with Gasteiger partial charge in [0, 0.05) is 54.4 Å². The second-order valence-corrected chi connectivity index (χ2v) is 12.2. The predicted octanol–water partition coefficient (Wildman–Crippen LogP) is 6.89. The van der Waals surface area contributed by atoms with Crippen molar-refractivity contribution in [1.82, 2.24) is 35.0 Å². The zero-order valence-corrected chi connectivity index (χ0v) is 26.7. The van der Waals surface area contributed by atoms with E-state index in [0.717, 1.165) is 40.7 Å². The highest BCUT2D eigenvalue weighted by Crippen LogP contribution is 2.34. The number of hydrogen-bond donors (Lipinski definition) is 4. The maximum absolute atomic E-state index is 14.7. The van der Waals surface area contributed by atoms with Gasteiger partial charge in [-0.1, -0.05) is 26.8 Å². The maximum atomic E-state index is 14.7. The fourth-order valence-corrected chi connectivity index (χ4v) is 5.49. The average Bonchev–Trinajstić information content (AvgIpc) is 3.63. The second-order valence-electron chi connectivity index (χ2n) is 12.2. The summed E-state index contributed by atoms with van der Waals surface area (Å²) in [7, 11) is 3.99. The highest BCUT2D eigenvalue weighted by Gasteiger charge is 2.18. The number of benzene rings is 2. The minimum absolute atomic E-state index is 0.00583. The van der Waals surface area contributed by atoms with Crippen LogP contribution in [0.5, 0.6) is 0 Å². The smallest absolute Gasteiger partial charge is 0.224 e. The molecular weight excluding hydrogens is 581 g/mol. The lowest BCUT2D eigenvalue weighted by molar-refractivity contribution is -0.116. The van der Waals surface area contributed by atoms with E-state index in [9.17, 15) is 9.18 Å². The molecule has 0 radical (unpaired) electrons. The van der Waals surface area contributed by atoms with Crippen LogP contribution in [0, 0.1) is 11.7 Å². The molecule has 2 aromatic carbocycles. The van der Waals surface area contributed by atoms with Crippen molar-refractivity contribution < 1.29 is 9.18 Å². The Kier molecular flexibility index (Phi) is 8.76. The van der Waals surface area contributed by atoms with Crippen LogP contribution in [0.15, 0.2) is 61.1 Å². The molecule has 1 amide bonds. The number of anilines is 2. The molecule has 0 spiro atoms. The maximum Gasteiger partial charge on any atom is 0.224 e. The van der Waals surface area contributed by atoms with E-state index in [1.165, 1.54) is 12.1 Å². The van der Waals surface area contributed by atoms with E-state index in [4.69, 9.17) is 4.98 Å². The van der Waals surface area contributed by atoms with Crippen LogP contribution in [0.25, 0.3) is 55.8 Å². The number of H-pyrrole nitrogens is 2. The number of aromatic amines is 2. The Morgan fingerprint density at radius 2 is 1.80 bits per heavy atom. The summed E-state index contributed by atoms with van der Waals surface area (Å²) >= 11 is 0. The standard InChI is InChI=1S/C35H38FN9O/c1-6-21-10-22(13-27(11-21)40-31(46)9-20(2)3)24-15-28-33(43-44-34(28)39-17-24)35-41-30-19-37-18-29(32(30)42-35)23-12-25(36)16-26(14-23)38-7-8-45(4)5/h10-20,38H,6-9H2,1-5H3,(H,40,46)(H,41,42)(H,39,43,44). The normalized spacial score (nSPS) is 11.7. The molecular formula is C35H38FN9O. The summed E-state index contributed by atoms with van der Waals surface area (Å²) in [4.78, 5) is 31.9. The predicted molar refractivity (Wildman–Crippen MR) is 182 cm³/mol. The molecule has 4 N–H and O–H groups in total. The van der Waals surface area contributed by atoms with Crippen molar-refractivity contribution >= 4 is 39.3 Å². The second kappa shape index (κ2) is 13.1. The molecule has 236 valence electrons. The Morgan fingerprint density at radius 3 is 2.59 bits per heavy atom. The fraction of sp³-hybridized carbons (Fsp3) is 0.286. The van der Waals surface area contributed by atoms with Crippen molar-refractivity contribution in [2.45, 2.75) is 33.6 Å². The number of aryl methyl sites for hydroxylation is 1. The number of imidazole rings is 1. The summed E-state index contributed by atoms with van der Waals surface area (Å²) in [6, 6.07) is 13.0. The molecule has 0 bridgehead atoms. The zero-order valence-electron chi connectivity index (χ0n) is 26.7. The molecule has 0 fully saturated rings. The van der Waals surface area contributed by atoms with Crippen molar-refractivity contribution in [3.63, 3.8) is 0 Å². The number of amides is 1. The summed E-state index contributed by atoms with van der Waals surface area (Å²) in [6.07, 6.45) is 6.48. The van der Waals surface area contributed by atoms with E-state index in [1.54, 1.807) is 18.6 Å². The molecule has 0 saturated carbocycles. The van der Waals surface area contributed by atoms with Crippen LogP contribution in [0.1, 0.15) is 32.8 Å². The molecule has 4 heterocycles. The molecule has 11 heteroatoms. The first-order chi connectivity index (χ1) is 22.2. The van der Waals surface area contributed by atoms with Gasteiger partial charge in [0.15, 0.2) is 11.5 Å². The third-order valence-electron chi connectivity index (χ3n) is 7.75. The first kappa shape index (κ1) is 30.8. The van der Waals surface area contributed by atoms with Crippen molar-refractivity contribution in [3.05, 3.63) is 72.4 Å². The summed E-state index contributed by atoms with van der Waals surface area (Å²) in [5.74, 6) is 0.487. The number of likely N-dealkylation sites (N-methyl/N-ethyl adjacent to an activating group) is 1. The number of fused-ring (bicyclic) bond motifs is 2. The summed E-state index contributed by atoms with van der Waals surface area (Å²) in [5.41, 5.74) is 8.38. The number of nitrogens with zero attached hydrogens (tertiary/aromatic N) is 5. The number of carbonyl (C=O) groups is 1. The molecule has 46 heavy (non-hydrogen) atoms. The first-order valence-electron chi connectivity index (χ1n) is 15.5. The summed E-state index contributed by atoms with van der Waals surface area (Å²) in [5, 5.41) is 14.7. The molecule has 0 aliphatic rings. The lowest BCUT2D eigenvalue weighted by Crippen LogP contribution is -2.20. The molecule has 4 aromatic heterocycles. The Labute approximate surface area is 266 Å². The van der Waals surface area contributed by atoms with Gasteiger partial charge in [0.1, 0.15) is 11.5 Å². The van der Waals surface area contributed by atoms with E-state index in [0.29, 0.717) is 58.0 Å². The molecule has 0 atom stereocenters. The molecule has 6 rings (SSSR count). The number of hydrogen-bond acceptors (Lipinski definition) is 7. The molecule has 0 saturated heterocycles. The number of halogens is 1. The number of rotatable bonds is 11. The van der Waals surface area contributed by atoms with Crippen molar-refractivity contribution in [2.75, 3.05) is 37.8 Å². The van der Waals surface area contributed by atoms with Gasteiger partial charge in [-0.15, -0.1) is 0 Å². The molecule has 10 nitrogen and oxygen atoms in total. The SMILES string of the molecule is CCc1cc(NC(=O)CC(C)C)cc(-c2cnc3n[nH]c(-c4nc5c(-c6cc(F)cc(NCCN(C)C)c6)cncc5[nH]4)c3c2)c1. The molecule has 0 unspecified atom stereocenters. The molecule has 0 aliphatic heterocycles. The minimum Gasteiger partial charge on any atom is -0.384 e. The van der Waals surface area contributed by atoms with Crippen LogP contribution in [-0.2, 0) is 11.2 Å². The van der Waals surface area contributed by atoms with Gasteiger partial charge in [0.05, 0.1) is 22.6 Å². The third-order valence-corrected chi connectivity index (χ3v) is 7.75. The van der Waals surface area contributed by atoms with E-state index in [2.05, 4.69) is 53.7 Å². The number of carbonyl (C=O) groups excluding carboxylic acids is 1. The Morgan fingerprint density at radius 1 is 0.978 bits per heavy atom. The molecule has 0 aliphatic carbocycles. The number of nitrogens with one attached hydrogen (secondary N) is 4. The average molecular weight is 620 g/mol.